The molecule has 0 bridgehead atoms. The van der Waals surface area contributed by atoms with E-state index >= 15 is 0 Å². The molecular formula is C7H11ClN2O2. The topological polar surface area (TPSA) is 40.6 Å². The summed E-state index contributed by atoms with van der Waals surface area (Å²) in [5.74, 6) is 0.0525. The Labute approximate surface area is 76.1 Å². The van der Waals surface area contributed by atoms with Crippen LogP contribution in [0.15, 0.2) is 0 Å². The van der Waals surface area contributed by atoms with Gasteiger partial charge in [-0.05, 0) is 11.6 Å². The fourth-order valence-corrected chi connectivity index (χ4v) is 1.37. The molecule has 0 aromatic carbocycles. The third-order valence-electron chi connectivity index (χ3n) is 1.97. The van der Waals surface area contributed by atoms with E-state index in [1.54, 1.807) is 4.90 Å². The van der Waals surface area contributed by atoms with Crippen molar-refractivity contribution in [2.45, 2.75) is 6.92 Å². The van der Waals surface area contributed by atoms with Crippen LogP contribution in [0.4, 0.5) is 4.79 Å². The highest BCUT2D eigenvalue weighted by atomic mass is 35.5. The standard InChI is InChI=1S/C7H11ClN2O2/c1-6(11)9-2-4-10(5-3-9)7(8)12/h2-5H2,1H3. The molecule has 5 heteroatoms. The van der Waals surface area contributed by atoms with Crippen molar-refractivity contribution in [3.63, 3.8) is 0 Å². The average molecular weight is 191 g/mol. The molecular weight excluding hydrogens is 180 g/mol. The summed E-state index contributed by atoms with van der Waals surface area (Å²) < 4.78 is 0. The van der Waals surface area contributed by atoms with Crippen molar-refractivity contribution < 1.29 is 9.59 Å². The fourth-order valence-electron chi connectivity index (χ4n) is 1.20. The number of hydrogen-bond acceptors (Lipinski definition) is 2. The van der Waals surface area contributed by atoms with Crippen LogP contribution in [0, 0.1) is 0 Å². The van der Waals surface area contributed by atoms with Gasteiger partial charge in [-0.1, -0.05) is 0 Å². The minimum Gasteiger partial charge on any atom is -0.339 e. The summed E-state index contributed by atoms with van der Waals surface area (Å²) in [6.45, 7) is 3.80. The van der Waals surface area contributed by atoms with Gasteiger partial charge in [0.1, 0.15) is 0 Å². The lowest BCUT2D eigenvalue weighted by atomic mass is 10.3. The molecule has 68 valence electrons. The van der Waals surface area contributed by atoms with Crippen LogP contribution < -0.4 is 0 Å². The first-order valence-electron chi connectivity index (χ1n) is 3.81. The summed E-state index contributed by atoms with van der Waals surface area (Å²) in [6, 6.07) is 0. The van der Waals surface area contributed by atoms with Crippen LogP contribution >= 0.6 is 11.6 Å². The second kappa shape index (κ2) is 3.76. The first-order valence-corrected chi connectivity index (χ1v) is 4.19. The van der Waals surface area contributed by atoms with E-state index in [2.05, 4.69) is 0 Å². The predicted molar refractivity (Wildman–Crippen MR) is 45.1 cm³/mol. The van der Waals surface area contributed by atoms with Gasteiger partial charge in [0.2, 0.25) is 5.91 Å². The lowest BCUT2D eigenvalue weighted by molar-refractivity contribution is -0.130. The highest BCUT2D eigenvalue weighted by molar-refractivity contribution is 6.62. The highest BCUT2D eigenvalue weighted by Crippen LogP contribution is 2.04. The van der Waals surface area contributed by atoms with Crippen molar-refractivity contribution in [3.8, 4) is 0 Å². The van der Waals surface area contributed by atoms with E-state index in [1.165, 1.54) is 11.8 Å². The molecule has 1 rings (SSSR count). The Balaban J connectivity index is 2.39. The van der Waals surface area contributed by atoms with E-state index < -0.39 is 5.37 Å². The van der Waals surface area contributed by atoms with E-state index in [1.807, 2.05) is 0 Å². The predicted octanol–water partition coefficient (Wildman–Crippen LogP) is 0.509. The van der Waals surface area contributed by atoms with Gasteiger partial charge in [-0.25, -0.2) is 0 Å². The van der Waals surface area contributed by atoms with E-state index in [0.29, 0.717) is 26.2 Å². The monoisotopic (exact) mass is 190 g/mol. The summed E-state index contributed by atoms with van der Waals surface area (Å²) in [5, 5.41) is -0.432. The molecule has 0 saturated carbocycles. The summed E-state index contributed by atoms with van der Waals surface area (Å²) in [6.07, 6.45) is 0. The molecule has 0 aliphatic carbocycles. The molecule has 0 aromatic rings. The lowest BCUT2D eigenvalue weighted by Gasteiger charge is -2.32. The molecule has 0 unspecified atom stereocenters. The van der Waals surface area contributed by atoms with Crippen molar-refractivity contribution in [3.05, 3.63) is 0 Å². The van der Waals surface area contributed by atoms with Crippen LogP contribution in [-0.2, 0) is 4.79 Å². The normalized spacial score (nSPS) is 17.8. The van der Waals surface area contributed by atoms with E-state index in [0.717, 1.165) is 0 Å². The van der Waals surface area contributed by atoms with Gasteiger partial charge in [0.25, 0.3) is 0 Å². The summed E-state index contributed by atoms with van der Waals surface area (Å²) in [7, 11) is 0. The van der Waals surface area contributed by atoms with Gasteiger partial charge in [0, 0.05) is 33.1 Å². The zero-order valence-electron chi connectivity index (χ0n) is 6.92. The van der Waals surface area contributed by atoms with Gasteiger partial charge in [-0.3, -0.25) is 9.59 Å². The Morgan fingerprint density at radius 2 is 1.50 bits per heavy atom. The van der Waals surface area contributed by atoms with Crippen molar-refractivity contribution in [2.24, 2.45) is 0 Å². The number of carbonyl (C=O) groups excluding carboxylic acids is 2. The maximum Gasteiger partial charge on any atom is 0.316 e. The second-order valence-corrected chi connectivity index (χ2v) is 3.07. The first kappa shape index (κ1) is 9.32. The third-order valence-corrected chi connectivity index (χ3v) is 2.21. The second-order valence-electron chi connectivity index (χ2n) is 2.75. The Kier molecular flexibility index (Phi) is 2.92. The highest BCUT2D eigenvalue weighted by Gasteiger charge is 2.20. The molecule has 0 atom stereocenters. The van der Waals surface area contributed by atoms with Gasteiger partial charge in [-0.2, -0.15) is 0 Å². The van der Waals surface area contributed by atoms with Crippen molar-refractivity contribution >= 4 is 22.9 Å². The molecule has 0 aromatic heterocycles. The lowest BCUT2D eigenvalue weighted by Crippen LogP contribution is -2.48. The number of halogens is 1. The molecule has 2 amide bonds. The van der Waals surface area contributed by atoms with E-state index in [4.69, 9.17) is 11.6 Å². The van der Waals surface area contributed by atoms with Gasteiger partial charge in [-0.15, -0.1) is 0 Å². The van der Waals surface area contributed by atoms with Crippen molar-refractivity contribution in [1.82, 2.24) is 9.80 Å². The summed E-state index contributed by atoms with van der Waals surface area (Å²) in [5.41, 5.74) is 0. The van der Waals surface area contributed by atoms with Gasteiger partial charge >= 0.3 is 5.37 Å². The molecule has 1 aliphatic rings. The molecule has 0 spiro atoms. The Morgan fingerprint density at radius 3 is 1.83 bits per heavy atom. The average Bonchev–Trinajstić information content (AvgIpc) is 2.04. The fraction of sp³-hybridized carbons (Fsp3) is 0.714. The number of carbonyl (C=O) groups is 2. The Hall–Kier alpha value is -0.770. The van der Waals surface area contributed by atoms with Gasteiger partial charge < -0.3 is 9.80 Å². The molecule has 4 nitrogen and oxygen atoms in total. The van der Waals surface area contributed by atoms with Crippen molar-refractivity contribution in [2.75, 3.05) is 26.2 Å². The van der Waals surface area contributed by atoms with E-state index in [-0.39, 0.29) is 5.91 Å². The van der Waals surface area contributed by atoms with Crippen LogP contribution in [0.5, 0.6) is 0 Å². The third kappa shape index (κ3) is 2.11. The summed E-state index contributed by atoms with van der Waals surface area (Å²) in [4.78, 5) is 24.8. The number of nitrogens with zero attached hydrogens (tertiary/aromatic N) is 2. The van der Waals surface area contributed by atoms with Crippen molar-refractivity contribution in [1.29, 1.82) is 0 Å². The molecule has 1 saturated heterocycles. The zero-order valence-corrected chi connectivity index (χ0v) is 7.67. The van der Waals surface area contributed by atoms with Gasteiger partial charge in [0.05, 0.1) is 0 Å². The van der Waals surface area contributed by atoms with Crippen LogP contribution in [0.2, 0.25) is 0 Å². The molecule has 1 fully saturated rings. The van der Waals surface area contributed by atoms with E-state index in [9.17, 15) is 9.59 Å². The quantitative estimate of drug-likeness (QED) is 0.413. The number of amides is 2. The molecule has 12 heavy (non-hydrogen) atoms. The molecule has 1 heterocycles. The van der Waals surface area contributed by atoms with Crippen LogP contribution in [-0.4, -0.2) is 47.3 Å². The first-order chi connectivity index (χ1) is 5.61. The largest absolute Gasteiger partial charge is 0.339 e. The molecule has 0 radical (unpaired) electrons. The summed E-state index contributed by atoms with van der Waals surface area (Å²) >= 11 is 5.27. The maximum absolute atomic E-state index is 10.9. The van der Waals surface area contributed by atoms with Gasteiger partial charge in [0.15, 0.2) is 0 Å². The zero-order chi connectivity index (χ0) is 9.14. The molecule has 0 N–H and O–H groups in total. The number of hydrogen-bond donors (Lipinski definition) is 0. The maximum atomic E-state index is 10.9. The SMILES string of the molecule is CC(=O)N1CCN(C(=O)Cl)CC1. The minimum atomic E-state index is -0.432. The Morgan fingerprint density at radius 1 is 1.08 bits per heavy atom. The van der Waals surface area contributed by atoms with Crippen LogP contribution in [0.1, 0.15) is 6.92 Å². The van der Waals surface area contributed by atoms with Crippen LogP contribution in [0.25, 0.3) is 0 Å². The minimum absolute atomic E-state index is 0.0525. The molecule has 1 aliphatic heterocycles. The number of piperazine rings is 1. The number of rotatable bonds is 0. The van der Waals surface area contributed by atoms with Crippen LogP contribution in [0.3, 0.4) is 0 Å². The smallest absolute Gasteiger partial charge is 0.316 e. The Bertz CT molecular complexity index is 178.